The van der Waals surface area contributed by atoms with E-state index in [0.717, 1.165) is 31.4 Å². The first-order chi connectivity index (χ1) is 20.2. The van der Waals surface area contributed by atoms with E-state index in [1.807, 2.05) is 31.7 Å². The lowest BCUT2D eigenvalue weighted by Crippen LogP contribution is -2.35. The van der Waals surface area contributed by atoms with Crippen LogP contribution in [0.3, 0.4) is 0 Å². The highest BCUT2D eigenvalue weighted by atomic mass is 16.3. The number of likely N-dealkylation sites (tertiary alicyclic amines) is 2. The predicted octanol–water partition coefficient (Wildman–Crippen LogP) is 4.78. The summed E-state index contributed by atoms with van der Waals surface area (Å²) in [5.41, 5.74) is 1.81. The summed E-state index contributed by atoms with van der Waals surface area (Å²) in [5.74, 6) is -1.06. The van der Waals surface area contributed by atoms with Gasteiger partial charge in [-0.1, -0.05) is 13.0 Å². The van der Waals surface area contributed by atoms with Gasteiger partial charge < -0.3 is 24.9 Å². The van der Waals surface area contributed by atoms with Crippen molar-refractivity contribution in [3.05, 3.63) is 47.5 Å². The fraction of sp³-hybridized carbons (Fsp3) is 0.484. The molecular weight excluding hydrogens is 536 g/mol. The molecule has 0 aliphatic carbocycles. The molecule has 11 nitrogen and oxygen atoms in total. The normalized spacial score (nSPS) is 16.6. The first kappa shape index (κ1) is 29.2. The maximum atomic E-state index is 13.6. The quantitative estimate of drug-likeness (QED) is 0.356. The molecule has 5 heterocycles. The second kappa shape index (κ2) is 12.7. The predicted molar refractivity (Wildman–Crippen MR) is 158 cm³/mol. The van der Waals surface area contributed by atoms with Crippen LogP contribution in [0.5, 0.6) is 0 Å². The molecule has 0 bridgehead atoms. The molecule has 3 aromatic rings. The Morgan fingerprint density at radius 3 is 2.48 bits per heavy atom. The molecule has 5 rings (SSSR count). The molecule has 4 amide bonds. The fourth-order valence-electron chi connectivity index (χ4n) is 5.65. The standard InChI is InChI=1S/C31H38N6O5/c1-4-21(11-10-20(3)37-17-7-8-25(37)38)29(39)35-27-26-23(13-12-22(33-26)31(41)36-15-5-6-16-36)42-28(27)30(40)34-24-14-9-19(2)18-32-24/h9,12-14,18,20-21H,4-8,10-11,15-17H2,1-3H3,(H,35,39)(H,32,34,40)/t20?,21-/m1/s1. The molecule has 11 heteroatoms. The number of amides is 4. The number of rotatable bonds is 10. The van der Waals surface area contributed by atoms with Crippen molar-refractivity contribution in [1.29, 1.82) is 0 Å². The van der Waals surface area contributed by atoms with E-state index in [9.17, 15) is 19.2 Å². The van der Waals surface area contributed by atoms with Gasteiger partial charge in [-0.2, -0.15) is 0 Å². The average molecular weight is 575 g/mol. The Bertz CT molecular complexity index is 1480. The Hall–Kier alpha value is -4.28. The third-order valence-corrected chi connectivity index (χ3v) is 8.19. The number of furan rings is 1. The number of nitrogens with one attached hydrogen (secondary N) is 2. The summed E-state index contributed by atoms with van der Waals surface area (Å²) in [4.78, 5) is 64.7. The van der Waals surface area contributed by atoms with Gasteiger partial charge in [-0.05, 0) is 76.1 Å². The number of nitrogens with zero attached hydrogens (tertiary/aromatic N) is 4. The van der Waals surface area contributed by atoms with Crippen molar-refractivity contribution in [2.75, 3.05) is 30.3 Å². The lowest BCUT2D eigenvalue weighted by Gasteiger charge is -2.25. The number of aromatic nitrogens is 2. The van der Waals surface area contributed by atoms with Crippen LogP contribution in [0.25, 0.3) is 11.1 Å². The van der Waals surface area contributed by atoms with E-state index in [-0.39, 0.29) is 57.9 Å². The van der Waals surface area contributed by atoms with Gasteiger partial charge in [0.25, 0.3) is 11.8 Å². The molecule has 0 spiro atoms. The number of hydrogen-bond acceptors (Lipinski definition) is 7. The highest BCUT2D eigenvalue weighted by Gasteiger charge is 2.30. The summed E-state index contributed by atoms with van der Waals surface area (Å²) < 4.78 is 5.92. The topological polar surface area (TPSA) is 138 Å². The van der Waals surface area contributed by atoms with Crippen molar-refractivity contribution < 1.29 is 23.6 Å². The maximum absolute atomic E-state index is 13.6. The summed E-state index contributed by atoms with van der Waals surface area (Å²) in [7, 11) is 0. The third-order valence-electron chi connectivity index (χ3n) is 8.19. The lowest BCUT2D eigenvalue weighted by atomic mass is 9.96. The number of pyridine rings is 2. The Morgan fingerprint density at radius 2 is 1.81 bits per heavy atom. The van der Waals surface area contributed by atoms with Crippen LogP contribution >= 0.6 is 0 Å². The van der Waals surface area contributed by atoms with Crippen LogP contribution in [0.4, 0.5) is 11.5 Å². The first-order valence-electron chi connectivity index (χ1n) is 14.8. The second-order valence-electron chi connectivity index (χ2n) is 11.2. The molecule has 2 saturated heterocycles. The third kappa shape index (κ3) is 6.29. The fourth-order valence-corrected chi connectivity index (χ4v) is 5.65. The van der Waals surface area contributed by atoms with Gasteiger partial charge in [-0.15, -0.1) is 0 Å². The largest absolute Gasteiger partial charge is 0.447 e. The van der Waals surface area contributed by atoms with Crippen LogP contribution < -0.4 is 10.6 Å². The number of aryl methyl sites for hydroxylation is 1. The van der Waals surface area contributed by atoms with Crippen LogP contribution in [0.15, 0.2) is 34.9 Å². The van der Waals surface area contributed by atoms with Gasteiger partial charge in [-0.25, -0.2) is 9.97 Å². The first-order valence-corrected chi connectivity index (χ1v) is 14.8. The molecule has 2 N–H and O–H groups in total. The van der Waals surface area contributed by atoms with Gasteiger partial charge in [0.1, 0.15) is 22.7 Å². The van der Waals surface area contributed by atoms with Gasteiger partial charge in [-0.3, -0.25) is 19.2 Å². The van der Waals surface area contributed by atoms with Crippen LogP contribution in [0, 0.1) is 12.8 Å². The van der Waals surface area contributed by atoms with Gasteiger partial charge >= 0.3 is 0 Å². The number of carbonyl (C=O) groups is 4. The minimum Gasteiger partial charge on any atom is -0.447 e. The zero-order chi connectivity index (χ0) is 29.8. The molecule has 1 unspecified atom stereocenters. The van der Waals surface area contributed by atoms with Crippen molar-refractivity contribution in [2.24, 2.45) is 5.92 Å². The zero-order valence-electron chi connectivity index (χ0n) is 24.4. The van der Waals surface area contributed by atoms with Crippen molar-refractivity contribution in [3.63, 3.8) is 0 Å². The lowest BCUT2D eigenvalue weighted by molar-refractivity contribution is -0.129. The number of anilines is 2. The number of carbonyl (C=O) groups excluding carboxylic acids is 4. The van der Waals surface area contributed by atoms with E-state index >= 15 is 0 Å². The minimum absolute atomic E-state index is 0.0424. The molecular formula is C31H38N6O5. The Labute approximate surface area is 245 Å². The van der Waals surface area contributed by atoms with Crippen LogP contribution in [-0.2, 0) is 9.59 Å². The SMILES string of the molecule is CC[C@H](CCC(C)N1CCCC1=O)C(=O)Nc1c(C(=O)Nc2ccc(C)cn2)oc2ccc(C(=O)N3CCCC3)nc12. The maximum Gasteiger partial charge on any atom is 0.294 e. The molecule has 2 atom stereocenters. The van der Waals surface area contributed by atoms with Crippen molar-refractivity contribution in [2.45, 2.75) is 71.8 Å². The monoisotopic (exact) mass is 574 g/mol. The van der Waals surface area contributed by atoms with E-state index in [1.54, 1.807) is 29.3 Å². The highest BCUT2D eigenvalue weighted by Crippen LogP contribution is 2.32. The highest BCUT2D eigenvalue weighted by molar-refractivity contribution is 6.14. The average Bonchev–Trinajstić information content (AvgIpc) is 3.75. The van der Waals surface area contributed by atoms with Gasteiger partial charge in [0, 0.05) is 44.2 Å². The van der Waals surface area contributed by atoms with Crippen LogP contribution in [-0.4, -0.2) is 69.1 Å². The molecule has 3 aromatic heterocycles. The summed E-state index contributed by atoms with van der Waals surface area (Å²) in [5, 5.41) is 5.64. The van der Waals surface area contributed by atoms with Crippen molar-refractivity contribution in [1.82, 2.24) is 19.8 Å². The summed E-state index contributed by atoms with van der Waals surface area (Å²) in [6, 6.07) is 6.73. The molecule has 2 aliphatic rings. The summed E-state index contributed by atoms with van der Waals surface area (Å²) in [6.07, 6.45) is 6.80. The van der Waals surface area contributed by atoms with E-state index in [0.29, 0.717) is 44.6 Å². The molecule has 0 saturated carbocycles. The van der Waals surface area contributed by atoms with E-state index < -0.39 is 5.91 Å². The minimum atomic E-state index is -0.596. The molecule has 2 fully saturated rings. The molecule has 2 aliphatic heterocycles. The number of fused-ring (bicyclic) bond motifs is 1. The van der Waals surface area contributed by atoms with Crippen LogP contribution in [0.2, 0.25) is 0 Å². The zero-order valence-corrected chi connectivity index (χ0v) is 24.4. The van der Waals surface area contributed by atoms with Crippen LogP contribution in [0.1, 0.15) is 85.4 Å². The van der Waals surface area contributed by atoms with E-state index in [2.05, 4.69) is 20.6 Å². The molecule has 222 valence electrons. The van der Waals surface area contributed by atoms with Crippen molar-refractivity contribution in [3.8, 4) is 0 Å². The summed E-state index contributed by atoms with van der Waals surface area (Å²) in [6.45, 7) is 7.94. The smallest absolute Gasteiger partial charge is 0.294 e. The van der Waals surface area contributed by atoms with Gasteiger partial charge in [0.2, 0.25) is 17.6 Å². The number of hydrogen-bond donors (Lipinski definition) is 2. The molecule has 0 radical (unpaired) electrons. The van der Waals surface area contributed by atoms with E-state index in [1.165, 1.54) is 0 Å². The summed E-state index contributed by atoms with van der Waals surface area (Å²) >= 11 is 0. The Morgan fingerprint density at radius 1 is 1.02 bits per heavy atom. The van der Waals surface area contributed by atoms with Gasteiger partial charge in [0.15, 0.2) is 5.58 Å². The Balaban J connectivity index is 1.41. The van der Waals surface area contributed by atoms with Gasteiger partial charge in [0.05, 0.1) is 0 Å². The molecule has 42 heavy (non-hydrogen) atoms. The van der Waals surface area contributed by atoms with Crippen molar-refractivity contribution >= 4 is 46.2 Å². The Kier molecular flexibility index (Phi) is 8.84. The molecule has 0 aromatic carbocycles. The second-order valence-corrected chi connectivity index (χ2v) is 11.2. The van der Waals surface area contributed by atoms with E-state index in [4.69, 9.17) is 4.42 Å².